The van der Waals surface area contributed by atoms with E-state index in [2.05, 4.69) is 62.5 Å². The van der Waals surface area contributed by atoms with Gasteiger partial charge < -0.3 is 19.7 Å². The Morgan fingerprint density at radius 1 is 0.500 bits per heavy atom. The smallest absolute Gasteiger partial charge is 0.306 e. The molecule has 314 valence electrons. The monoisotopic (exact) mass is 759 g/mol. The summed E-state index contributed by atoms with van der Waals surface area (Å²) in [5.74, 6) is 0.246. The van der Waals surface area contributed by atoms with E-state index in [9.17, 15) is 14.7 Å². The molecule has 0 aromatic heterocycles. The minimum absolute atomic E-state index is 0.0932. The van der Waals surface area contributed by atoms with Crippen LogP contribution in [0.2, 0.25) is 0 Å². The zero-order chi connectivity index (χ0) is 39.4. The second kappa shape index (κ2) is 43.5. The summed E-state index contributed by atoms with van der Waals surface area (Å²) in [5, 5.41) is 18.4. The van der Waals surface area contributed by atoms with Crippen molar-refractivity contribution in [1.29, 1.82) is 0 Å². The van der Waals surface area contributed by atoms with Crippen LogP contribution in [0.3, 0.4) is 0 Å². The molecular weight excluding hydrogens is 673 g/mol. The molecule has 0 aliphatic carbocycles. The number of carbonyl (C=O) groups is 2. The SMILES string of the molecule is CCC(C)CCCCCCCCCCCCCCCCCCCCC(=O)OC[C@H](CO)OC(=O)CCC/C=C\C/C=C\C/C=C\C/C=C\CCCCCO. The van der Waals surface area contributed by atoms with E-state index in [4.69, 9.17) is 14.6 Å². The van der Waals surface area contributed by atoms with Crippen molar-refractivity contribution < 1.29 is 29.3 Å². The van der Waals surface area contributed by atoms with Crippen LogP contribution in [0.4, 0.5) is 0 Å². The largest absolute Gasteiger partial charge is 0.462 e. The molecule has 2 atom stereocenters. The van der Waals surface area contributed by atoms with Crippen molar-refractivity contribution in [1.82, 2.24) is 0 Å². The second-order valence-electron chi connectivity index (χ2n) is 15.5. The maximum Gasteiger partial charge on any atom is 0.306 e. The third-order valence-corrected chi connectivity index (χ3v) is 10.2. The van der Waals surface area contributed by atoms with Crippen molar-refractivity contribution >= 4 is 11.9 Å². The number of hydrogen-bond acceptors (Lipinski definition) is 6. The predicted molar refractivity (Wildman–Crippen MR) is 230 cm³/mol. The number of esters is 2. The molecule has 0 aromatic carbocycles. The Bertz CT molecular complexity index is 922. The quantitative estimate of drug-likeness (QED) is 0.0366. The molecule has 0 saturated heterocycles. The first-order valence-electron chi connectivity index (χ1n) is 22.7. The van der Waals surface area contributed by atoms with Crippen LogP contribution >= 0.6 is 0 Å². The van der Waals surface area contributed by atoms with Crippen LogP contribution < -0.4 is 0 Å². The molecule has 0 spiro atoms. The third-order valence-electron chi connectivity index (χ3n) is 10.2. The number of rotatable bonds is 41. The van der Waals surface area contributed by atoms with Crippen LogP contribution in [-0.4, -0.2) is 48.1 Å². The van der Waals surface area contributed by atoms with E-state index < -0.39 is 6.10 Å². The van der Waals surface area contributed by atoms with E-state index in [0.717, 1.165) is 76.5 Å². The molecule has 0 heterocycles. The Balaban J connectivity index is 3.58. The first-order valence-corrected chi connectivity index (χ1v) is 22.7. The fraction of sp³-hybridized carbons (Fsp3) is 0.792. The van der Waals surface area contributed by atoms with E-state index >= 15 is 0 Å². The number of ether oxygens (including phenoxy) is 2. The summed E-state index contributed by atoms with van der Waals surface area (Å²) in [6.07, 6.45) is 52.0. The van der Waals surface area contributed by atoms with Gasteiger partial charge in [-0.1, -0.05) is 191 Å². The van der Waals surface area contributed by atoms with Crippen molar-refractivity contribution in [3.05, 3.63) is 48.6 Å². The molecule has 6 nitrogen and oxygen atoms in total. The highest BCUT2D eigenvalue weighted by molar-refractivity contribution is 5.70. The number of allylic oxidation sites excluding steroid dienone is 8. The number of unbranched alkanes of at least 4 members (excludes halogenated alkanes) is 21. The lowest BCUT2D eigenvalue weighted by atomic mass is 9.99. The van der Waals surface area contributed by atoms with E-state index in [1.54, 1.807) is 0 Å². The Hall–Kier alpha value is -2.18. The Kier molecular flexibility index (Phi) is 41.8. The van der Waals surface area contributed by atoms with Crippen molar-refractivity contribution in [2.24, 2.45) is 5.92 Å². The lowest BCUT2D eigenvalue weighted by Crippen LogP contribution is -2.28. The lowest BCUT2D eigenvalue weighted by Gasteiger charge is -2.15. The van der Waals surface area contributed by atoms with E-state index in [1.165, 1.54) is 109 Å². The van der Waals surface area contributed by atoms with Crippen LogP contribution in [0.5, 0.6) is 0 Å². The normalized spacial score (nSPS) is 13.2. The summed E-state index contributed by atoms with van der Waals surface area (Å²) in [6, 6.07) is 0. The molecule has 2 N–H and O–H groups in total. The van der Waals surface area contributed by atoms with Gasteiger partial charge in [0.25, 0.3) is 0 Å². The molecule has 54 heavy (non-hydrogen) atoms. The van der Waals surface area contributed by atoms with E-state index in [0.29, 0.717) is 19.4 Å². The van der Waals surface area contributed by atoms with Gasteiger partial charge in [0, 0.05) is 19.4 Å². The molecule has 0 aromatic rings. The van der Waals surface area contributed by atoms with Gasteiger partial charge >= 0.3 is 11.9 Å². The number of aliphatic hydroxyl groups is 2. The summed E-state index contributed by atoms with van der Waals surface area (Å²) in [7, 11) is 0. The van der Waals surface area contributed by atoms with Crippen molar-refractivity contribution in [2.75, 3.05) is 19.8 Å². The third kappa shape index (κ3) is 41.0. The average molecular weight is 759 g/mol. The van der Waals surface area contributed by atoms with E-state index in [1.807, 2.05) is 0 Å². The summed E-state index contributed by atoms with van der Waals surface area (Å²) in [4.78, 5) is 24.3. The molecule has 0 fully saturated rings. The minimum atomic E-state index is -0.807. The highest BCUT2D eigenvalue weighted by Crippen LogP contribution is 2.17. The zero-order valence-corrected chi connectivity index (χ0v) is 35.3. The summed E-state index contributed by atoms with van der Waals surface area (Å²) in [5.41, 5.74) is 0. The lowest BCUT2D eigenvalue weighted by molar-refractivity contribution is -0.161. The van der Waals surface area contributed by atoms with Gasteiger partial charge in [0.15, 0.2) is 6.10 Å². The fourth-order valence-corrected chi connectivity index (χ4v) is 6.39. The van der Waals surface area contributed by atoms with Crippen molar-refractivity contribution in [3.8, 4) is 0 Å². The zero-order valence-electron chi connectivity index (χ0n) is 35.3. The molecule has 0 radical (unpaired) electrons. The van der Waals surface area contributed by atoms with Gasteiger partial charge in [0.1, 0.15) is 6.61 Å². The molecule has 0 rings (SSSR count). The van der Waals surface area contributed by atoms with Crippen molar-refractivity contribution in [3.63, 3.8) is 0 Å². The molecular formula is C48H86O6. The molecule has 0 bridgehead atoms. The summed E-state index contributed by atoms with van der Waals surface area (Å²) >= 11 is 0. The van der Waals surface area contributed by atoms with Gasteiger partial charge in [-0.2, -0.15) is 0 Å². The van der Waals surface area contributed by atoms with Crippen molar-refractivity contribution in [2.45, 2.75) is 219 Å². The number of hydrogen-bond donors (Lipinski definition) is 2. The van der Waals surface area contributed by atoms with Gasteiger partial charge in [-0.05, 0) is 63.7 Å². The standard InChI is InChI=1S/C48H86O6/c1-3-45(2)39-35-31-27-23-19-15-11-7-4-5-8-12-16-20-24-28-32-36-40-47(51)53-44-46(43-50)54-48(52)41-37-33-29-25-21-17-13-9-6-10-14-18-22-26-30-34-38-42-49/h6,10,13,17-18,22,25,29,45-46,49-50H,3-5,7-9,11-12,14-16,19-21,23-24,26-28,30-44H2,1-2H3/b10-6-,17-13-,22-18-,29-25-/t45?,46-/m0/s1. The molecule has 1 unspecified atom stereocenters. The molecule has 0 saturated carbocycles. The summed E-state index contributed by atoms with van der Waals surface area (Å²) in [6.45, 7) is 4.52. The van der Waals surface area contributed by atoms with Gasteiger partial charge in [-0.15, -0.1) is 0 Å². The first kappa shape index (κ1) is 51.8. The summed E-state index contributed by atoms with van der Waals surface area (Å²) < 4.78 is 10.6. The van der Waals surface area contributed by atoms with Gasteiger partial charge in [-0.3, -0.25) is 9.59 Å². The Morgan fingerprint density at radius 2 is 0.907 bits per heavy atom. The maximum absolute atomic E-state index is 12.2. The fourth-order valence-electron chi connectivity index (χ4n) is 6.39. The molecule has 0 amide bonds. The molecule has 0 aliphatic heterocycles. The number of aliphatic hydroxyl groups excluding tert-OH is 2. The van der Waals surface area contributed by atoms with Crippen LogP contribution in [0, 0.1) is 5.92 Å². The van der Waals surface area contributed by atoms with Gasteiger partial charge in [-0.25, -0.2) is 0 Å². The maximum atomic E-state index is 12.2. The van der Waals surface area contributed by atoms with Crippen LogP contribution in [0.1, 0.15) is 213 Å². The number of carbonyl (C=O) groups excluding carboxylic acids is 2. The Labute approximate surface area is 333 Å². The highest BCUT2D eigenvalue weighted by atomic mass is 16.6. The van der Waals surface area contributed by atoms with E-state index in [-0.39, 0.29) is 31.6 Å². The van der Waals surface area contributed by atoms with Gasteiger partial charge in [0.05, 0.1) is 6.61 Å². The van der Waals surface area contributed by atoms with Crippen LogP contribution in [0.15, 0.2) is 48.6 Å². The molecule has 0 aliphatic rings. The van der Waals surface area contributed by atoms with Crippen LogP contribution in [0.25, 0.3) is 0 Å². The Morgan fingerprint density at radius 3 is 1.37 bits per heavy atom. The molecule has 6 heteroatoms. The highest BCUT2D eigenvalue weighted by Gasteiger charge is 2.16. The predicted octanol–water partition coefficient (Wildman–Crippen LogP) is 13.4. The first-order chi connectivity index (χ1) is 26.5. The topological polar surface area (TPSA) is 93.1 Å². The minimum Gasteiger partial charge on any atom is -0.462 e. The van der Waals surface area contributed by atoms with Gasteiger partial charge in [0.2, 0.25) is 0 Å². The second-order valence-corrected chi connectivity index (χ2v) is 15.5. The average Bonchev–Trinajstić information content (AvgIpc) is 3.18. The van der Waals surface area contributed by atoms with Crippen LogP contribution in [-0.2, 0) is 19.1 Å².